The fourth-order valence-corrected chi connectivity index (χ4v) is 5.01. The van der Waals surface area contributed by atoms with E-state index in [4.69, 9.17) is 4.42 Å². The molecule has 5 heteroatoms. The number of nitrogens with zero attached hydrogens (tertiary/aromatic N) is 1. The van der Waals surface area contributed by atoms with Crippen molar-refractivity contribution in [2.45, 2.75) is 29.9 Å². The van der Waals surface area contributed by atoms with Gasteiger partial charge in [0.15, 0.2) is 0 Å². The predicted octanol–water partition coefficient (Wildman–Crippen LogP) is 4.93. The molecule has 2 aromatic rings. The normalized spacial score (nSPS) is 15.4. The smallest absolute Gasteiger partial charge is 0.223 e. The Morgan fingerprint density at radius 3 is 2.64 bits per heavy atom. The first-order valence-electron chi connectivity index (χ1n) is 8.87. The number of furan rings is 1. The summed E-state index contributed by atoms with van der Waals surface area (Å²) in [7, 11) is 0. The van der Waals surface area contributed by atoms with E-state index in [1.807, 2.05) is 42.1 Å². The van der Waals surface area contributed by atoms with Crippen LogP contribution in [0.25, 0.3) is 0 Å². The van der Waals surface area contributed by atoms with E-state index < -0.39 is 0 Å². The Morgan fingerprint density at radius 1 is 1.12 bits per heavy atom. The second kappa shape index (κ2) is 9.97. The van der Waals surface area contributed by atoms with E-state index in [1.54, 1.807) is 18.0 Å². The van der Waals surface area contributed by atoms with E-state index in [0.29, 0.717) is 12.3 Å². The minimum atomic E-state index is 0.310. The number of carbonyl (C=O) groups is 1. The molecule has 1 saturated heterocycles. The topological polar surface area (TPSA) is 33.5 Å². The average molecular weight is 376 g/mol. The van der Waals surface area contributed by atoms with Gasteiger partial charge in [0.05, 0.1) is 12.0 Å². The number of hydrogen-bond acceptors (Lipinski definition) is 4. The summed E-state index contributed by atoms with van der Waals surface area (Å²) in [5.74, 6) is 5.05. The Bertz CT molecular complexity index is 622. The Hall–Kier alpha value is -1.33. The van der Waals surface area contributed by atoms with Gasteiger partial charge in [-0.25, -0.2) is 0 Å². The molecule has 1 fully saturated rings. The fraction of sp³-hybridized carbons (Fsp3) is 0.450. The van der Waals surface area contributed by atoms with Crippen LogP contribution in [0.1, 0.15) is 25.0 Å². The fourth-order valence-electron chi connectivity index (χ4n) is 3.00. The van der Waals surface area contributed by atoms with Crippen molar-refractivity contribution in [2.24, 2.45) is 5.92 Å². The zero-order valence-electron chi connectivity index (χ0n) is 14.4. The SMILES string of the molecule is O=C(CCSc1ccccc1)N1CCC(CSCc2ccco2)CC1. The van der Waals surface area contributed by atoms with Crippen molar-refractivity contribution in [2.75, 3.05) is 24.6 Å². The lowest BCUT2D eigenvalue weighted by atomic mass is 9.99. The van der Waals surface area contributed by atoms with Crippen LogP contribution in [0.2, 0.25) is 0 Å². The second-order valence-electron chi connectivity index (χ2n) is 6.33. The Balaban J connectivity index is 1.29. The van der Waals surface area contributed by atoms with Gasteiger partial charge in [-0.1, -0.05) is 18.2 Å². The molecule has 0 unspecified atom stereocenters. The van der Waals surface area contributed by atoms with E-state index in [9.17, 15) is 4.79 Å². The Labute approximate surface area is 158 Å². The number of likely N-dealkylation sites (tertiary alicyclic amines) is 1. The minimum Gasteiger partial charge on any atom is -0.468 e. The molecule has 1 aliphatic rings. The molecular weight excluding hydrogens is 350 g/mol. The summed E-state index contributed by atoms with van der Waals surface area (Å²) in [6.07, 6.45) is 4.62. The van der Waals surface area contributed by atoms with Crippen LogP contribution in [0.5, 0.6) is 0 Å². The quantitative estimate of drug-likeness (QED) is 0.612. The van der Waals surface area contributed by atoms with Gasteiger partial charge in [0, 0.05) is 30.2 Å². The Morgan fingerprint density at radius 2 is 1.92 bits per heavy atom. The third kappa shape index (κ3) is 6.15. The molecule has 3 rings (SSSR count). The van der Waals surface area contributed by atoms with Gasteiger partial charge < -0.3 is 9.32 Å². The molecule has 0 N–H and O–H groups in total. The lowest BCUT2D eigenvalue weighted by Crippen LogP contribution is -2.39. The van der Waals surface area contributed by atoms with Crippen LogP contribution in [-0.2, 0) is 10.5 Å². The van der Waals surface area contributed by atoms with Crippen molar-refractivity contribution in [3.05, 3.63) is 54.5 Å². The molecule has 134 valence electrons. The third-order valence-electron chi connectivity index (χ3n) is 4.47. The third-order valence-corrected chi connectivity index (χ3v) is 6.68. The number of hydrogen-bond donors (Lipinski definition) is 0. The highest BCUT2D eigenvalue weighted by Crippen LogP contribution is 2.25. The van der Waals surface area contributed by atoms with Crippen molar-refractivity contribution in [3.63, 3.8) is 0 Å². The van der Waals surface area contributed by atoms with Gasteiger partial charge in [0.2, 0.25) is 5.91 Å². The molecule has 0 spiro atoms. The molecule has 1 aliphatic heterocycles. The molecule has 25 heavy (non-hydrogen) atoms. The maximum Gasteiger partial charge on any atom is 0.223 e. The molecular formula is C20H25NO2S2. The van der Waals surface area contributed by atoms with Crippen molar-refractivity contribution >= 4 is 29.4 Å². The maximum absolute atomic E-state index is 12.4. The van der Waals surface area contributed by atoms with Gasteiger partial charge >= 0.3 is 0 Å². The van der Waals surface area contributed by atoms with Gasteiger partial charge in [-0.15, -0.1) is 11.8 Å². The highest BCUT2D eigenvalue weighted by molar-refractivity contribution is 7.99. The van der Waals surface area contributed by atoms with E-state index in [0.717, 1.165) is 54.9 Å². The molecule has 3 nitrogen and oxygen atoms in total. The maximum atomic E-state index is 12.4. The highest BCUT2D eigenvalue weighted by Gasteiger charge is 2.22. The van der Waals surface area contributed by atoms with Crippen LogP contribution in [0, 0.1) is 5.92 Å². The van der Waals surface area contributed by atoms with Gasteiger partial charge in [0.1, 0.15) is 5.76 Å². The first kappa shape index (κ1) is 18.5. The Kier molecular flexibility index (Phi) is 7.37. The number of carbonyl (C=O) groups excluding carboxylic acids is 1. The zero-order chi connectivity index (χ0) is 17.3. The summed E-state index contributed by atoms with van der Waals surface area (Å²) in [6, 6.07) is 14.3. The molecule has 0 aliphatic carbocycles. The molecule has 0 radical (unpaired) electrons. The lowest BCUT2D eigenvalue weighted by molar-refractivity contribution is -0.132. The molecule has 1 aromatic carbocycles. The second-order valence-corrected chi connectivity index (χ2v) is 8.53. The highest BCUT2D eigenvalue weighted by atomic mass is 32.2. The number of rotatable bonds is 8. The van der Waals surface area contributed by atoms with E-state index in [2.05, 4.69) is 17.0 Å². The molecule has 1 aromatic heterocycles. The van der Waals surface area contributed by atoms with E-state index in [1.165, 1.54) is 4.90 Å². The lowest BCUT2D eigenvalue weighted by Gasteiger charge is -2.32. The molecule has 1 amide bonds. The number of thioether (sulfide) groups is 2. The summed E-state index contributed by atoms with van der Waals surface area (Å²) >= 11 is 3.70. The number of benzene rings is 1. The number of amides is 1. The van der Waals surface area contributed by atoms with Gasteiger partial charge in [-0.2, -0.15) is 11.8 Å². The largest absolute Gasteiger partial charge is 0.468 e. The van der Waals surface area contributed by atoms with E-state index >= 15 is 0 Å². The number of piperidine rings is 1. The molecule has 0 saturated carbocycles. The van der Waals surface area contributed by atoms with E-state index in [-0.39, 0.29) is 0 Å². The first-order valence-corrected chi connectivity index (χ1v) is 11.0. The van der Waals surface area contributed by atoms with Crippen molar-refractivity contribution in [3.8, 4) is 0 Å². The van der Waals surface area contributed by atoms with Gasteiger partial charge in [0.25, 0.3) is 0 Å². The van der Waals surface area contributed by atoms with Gasteiger partial charge in [-0.05, 0) is 48.8 Å². The van der Waals surface area contributed by atoms with Crippen molar-refractivity contribution < 1.29 is 9.21 Å². The predicted molar refractivity (Wildman–Crippen MR) is 106 cm³/mol. The first-order chi connectivity index (χ1) is 12.3. The van der Waals surface area contributed by atoms with Crippen LogP contribution < -0.4 is 0 Å². The summed E-state index contributed by atoms with van der Waals surface area (Å²) in [4.78, 5) is 15.7. The summed E-state index contributed by atoms with van der Waals surface area (Å²) in [6.45, 7) is 1.83. The summed E-state index contributed by atoms with van der Waals surface area (Å²) in [5.41, 5.74) is 0. The van der Waals surface area contributed by atoms with Crippen LogP contribution in [-0.4, -0.2) is 35.4 Å². The van der Waals surface area contributed by atoms with Crippen molar-refractivity contribution in [1.82, 2.24) is 4.90 Å². The van der Waals surface area contributed by atoms with Crippen LogP contribution >= 0.6 is 23.5 Å². The molecule has 0 bridgehead atoms. The van der Waals surface area contributed by atoms with Crippen LogP contribution in [0.15, 0.2) is 58.0 Å². The summed E-state index contributed by atoms with van der Waals surface area (Å²) < 4.78 is 5.37. The van der Waals surface area contributed by atoms with Crippen LogP contribution in [0.4, 0.5) is 0 Å². The zero-order valence-corrected chi connectivity index (χ0v) is 16.1. The monoisotopic (exact) mass is 375 g/mol. The van der Waals surface area contributed by atoms with Gasteiger partial charge in [-0.3, -0.25) is 4.79 Å². The average Bonchev–Trinajstić information content (AvgIpc) is 3.16. The summed E-state index contributed by atoms with van der Waals surface area (Å²) in [5, 5.41) is 0. The minimum absolute atomic E-state index is 0.310. The molecule has 0 atom stereocenters. The van der Waals surface area contributed by atoms with Crippen molar-refractivity contribution in [1.29, 1.82) is 0 Å². The van der Waals surface area contributed by atoms with Crippen LogP contribution in [0.3, 0.4) is 0 Å². The standard InChI is InChI=1S/C20H25NO2S2/c22-20(10-14-25-19-6-2-1-3-7-19)21-11-8-17(9-12-21)15-24-16-18-5-4-13-23-18/h1-7,13,17H,8-12,14-16H2. The molecule has 2 heterocycles.